The number of hydrogen-bond donors (Lipinski definition) is 2. The van der Waals surface area contributed by atoms with E-state index in [1.54, 1.807) is 7.05 Å². The number of carbonyl (C=O) groups is 3. The van der Waals surface area contributed by atoms with E-state index in [-0.39, 0.29) is 30.7 Å². The summed E-state index contributed by atoms with van der Waals surface area (Å²) < 4.78 is 0. The van der Waals surface area contributed by atoms with Crippen molar-refractivity contribution >= 4 is 23.4 Å². The summed E-state index contributed by atoms with van der Waals surface area (Å²) in [5.41, 5.74) is 2.90. The maximum Gasteiger partial charge on any atom is 0.326 e. The molecule has 0 saturated carbocycles. The second-order valence-electron chi connectivity index (χ2n) is 6.61. The molecule has 0 bridgehead atoms. The molecule has 2 amide bonds. The van der Waals surface area contributed by atoms with E-state index in [1.807, 2.05) is 31.2 Å². The van der Waals surface area contributed by atoms with E-state index < -0.39 is 12.0 Å². The number of piperidine rings is 1. The molecule has 1 aromatic rings. The molecule has 1 fully saturated rings. The number of nitrogens with zero attached hydrogens (tertiary/aromatic N) is 1. The average molecular weight is 358 g/mol. The van der Waals surface area contributed by atoms with Crippen LogP contribution < -0.4 is 5.32 Å². The van der Waals surface area contributed by atoms with Crippen LogP contribution in [0.1, 0.15) is 37.8 Å². The fraction of sp³-hybridized carbons (Fsp3) is 0.450. The Bertz CT molecular complexity index is 709. The van der Waals surface area contributed by atoms with E-state index in [1.165, 1.54) is 16.5 Å². The van der Waals surface area contributed by atoms with Crippen LogP contribution in [0.4, 0.5) is 0 Å². The van der Waals surface area contributed by atoms with Gasteiger partial charge in [0, 0.05) is 19.7 Å². The number of carboxylic acids is 1. The summed E-state index contributed by atoms with van der Waals surface area (Å²) in [4.78, 5) is 37.5. The third-order valence-electron chi connectivity index (χ3n) is 4.92. The highest BCUT2D eigenvalue weighted by molar-refractivity contribution is 5.97. The first kappa shape index (κ1) is 19.7. The van der Waals surface area contributed by atoms with E-state index in [2.05, 4.69) is 12.2 Å². The van der Waals surface area contributed by atoms with Gasteiger partial charge in [0.1, 0.15) is 6.04 Å². The van der Waals surface area contributed by atoms with Crippen LogP contribution in [0.5, 0.6) is 0 Å². The van der Waals surface area contributed by atoms with Gasteiger partial charge in [0.2, 0.25) is 11.8 Å². The lowest BCUT2D eigenvalue weighted by atomic mass is 9.91. The van der Waals surface area contributed by atoms with Crippen molar-refractivity contribution in [1.29, 1.82) is 0 Å². The monoisotopic (exact) mass is 358 g/mol. The number of allylic oxidation sites excluding steroid dienone is 1. The Kier molecular flexibility index (Phi) is 6.55. The molecule has 0 unspecified atom stereocenters. The SMILES string of the molecule is CCc1ccc(/C(C)=C/C(=O)N2C[C@@H](C(=O)NC)CC[C@H]2C(=O)O)cc1. The minimum atomic E-state index is -1.04. The Balaban J connectivity index is 2.21. The van der Waals surface area contributed by atoms with Crippen LogP contribution in [0.15, 0.2) is 30.3 Å². The lowest BCUT2D eigenvalue weighted by Crippen LogP contribution is -2.52. The van der Waals surface area contributed by atoms with Crippen LogP contribution in [0.2, 0.25) is 0 Å². The van der Waals surface area contributed by atoms with Crippen molar-refractivity contribution in [3.8, 4) is 0 Å². The zero-order valence-corrected chi connectivity index (χ0v) is 15.5. The van der Waals surface area contributed by atoms with Crippen LogP contribution in [0.3, 0.4) is 0 Å². The van der Waals surface area contributed by atoms with Crippen LogP contribution in [-0.2, 0) is 20.8 Å². The lowest BCUT2D eigenvalue weighted by molar-refractivity contribution is -0.152. The van der Waals surface area contributed by atoms with Crippen molar-refractivity contribution in [2.24, 2.45) is 5.92 Å². The summed E-state index contributed by atoms with van der Waals surface area (Å²) >= 11 is 0. The summed E-state index contributed by atoms with van der Waals surface area (Å²) in [6.07, 6.45) is 3.14. The molecule has 2 atom stereocenters. The van der Waals surface area contributed by atoms with Crippen molar-refractivity contribution in [2.75, 3.05) is 13.6 Å². The maximum absolute atomic E-state index is 12.7. The van der Waals surface area contributed by atoms with Crippen molar-refractivity contribution in [3.63, 3.8) is 0 Å². The van der Waals surface area contributed by atoms with Gasteiger partial charge in [-0.25, -0.2) is 4.79 Å². The molecule has 0 aromatic heterocycles. The summed E-state index contributed by atoms with van der Waals surface area (Å²) in [6.45, 7) is 4.02. The molecule has 26 heavy (non-hydrogen) atoms. The normalized spacial score (nSPS) is 20.6. The number of amides is 2. The molecular weight excluding hydrogens is 332 g/mol. The van der Waals surface area contributed by atoms with Gasteiger partial charge in [-0.15, -0.1) is 0 Å². The molecule has 1 aliphatic rings. The number of rotatable bonds is 5. The Morgan fingerprint density at radius 3 is 2.42 bits per heavy atom. The number of nitrogens with one attached hydrogen (secondary N) is 1. The van der Waals surface area contributed by atoms with Crippen molar-refractivity contribution in [2.45, 2.75) is 39.2 Å². The molecule has 0 aliphatic carbocycles. The molecule has 0 radical (unpaired) electrons. The van der Waals surface area contributed by atoms with Crippen molar-refractivity contribution in [1.82, 2.24) is 10.2 Å². The zero-order chi connectivity index (χ0) is 19.3. The van der Waals surface area contributed by atoms with Crippen molar-refractivity contribution < 1.29 is 19.5 Å². The predicted octanol–water partition coefficient (Wildman–Crippen LogP) is 2.09. The third-order valence-corrected chi connectivity index (χ3v) is 4.92. The van der Waals surface area contributed by atoms with Gasteiger partial charge in [-0.1, -0.05) is 31.2 Å². The smallest absolute Gasteiger partial charge is 0.326 e. The summed E-state index contributed by atoms with van der Waals surface area (Å²) in [5, 5.41) is 12.0. The highest BCUT2D eigenvalue weighted by Gasteiger charge is 2.37. The van der Waals surface area contributed by atoms with Crippen molar-refractivity contribution in [3.05, 3.63) is 41.5 Å². The topological polar surface area (TPSA) is 86.7 Å². The molecular formula is C20H26N2O4. The van der Waals surface area contributed by atoms with Gasteiger partial charge in [0.05, 0.1) is 5.92 Å². The molecule has 1 aliphatic heterocycles. The molecule has 1 heterocycles. The summed E-state index contributed by atoms with van der Waals surface area (Å²) in [6, 6.07) is 7.04. The first-order valence-electron chi connectivity index (χ1n) is 8.90. The number of aliphatic carboxylic acids is 1. The second kappa shape index (κ2) is 8.65. The maximum atomic E-state index is 12.7. The molecule has 6 heteroatoms. The Hall–Kier alpha value is -2.63. The first-order valence-corrected chi connectivity index (χ1v) is 8.90. The van der Waals surface area contributed by atoms with Crippen LogP contribution >= 0.6 is 0 Å². The fourth-order valence-corrected chi connectivity index (χ4v) is 3.24. The molecule has 6 nitrogen and oxygen atoms in total. The number of carboxylic acid groups (broad SMARTS) is 1. The minimum Gasteiger partial charge on any atom is -0.480 e. The van der Waals surface area contributed by atoms with Gasteiger partial charge in [0.25, 0.3) is 0 Å². The molecule has 140 valence electrons. The third kappa shape index (κ3) is 4.50. The Morgan fingerprint density at radius 1 is 1.23 bits per heavy atom. The van der Waals surface area contributed by atoms with E-state index >= 15 is 0 Å². The Labute approximate surface area is 153 Å². The average Bonchev–Trinajstić information content (AvgIpc) is 2.66. The lowest BCUT2D eigenvalue weighted by Gasteiger charge is -2.36. The molecule has 1 aromatic carbocycles. The number of carbonyl (C=O) groups excluding carboxylic acids is 2. The van der Waals surface area contributed by atoms with Crippen LogP contribution in [-0.4, -0.2) is 47.4 Å². The fourth-order valence-electron chi connectivity index (χ4n) is 3.24. The highest BCUT2D eigenvalue weighted by atomic mass is 16.4. The number of hydrogen-bond acceptors (Lipinski definition) is 3. The minimum absolute atomic E-state index is 0.119. The summed E-state index contributed by atoms with van der Waals surface area (Å²) in [7, 11) is 1.54. The summed E-state index contributed by atoms with van der Waals surface area (Å²) in [5.74, 6) is -1.95. The predicted molar refractivity (Wildman–Crippen MR) is 99.4 cm³/mol. The standard InChI is InChI=1S/C20H26N2O4/c1-4-14-5-7-15(8-6-14)13(2)11-18(23)22-12-16(19(24)21-3)9-10-17(22)20(25)26/h5-8,11,16-17H,4,9-10,12H2,1-3H3,(H,21,24)(H,25,26)/b13-11+/t16-,17-/m0/s1. The quantitative estimate of drug-likeness (QED) is 0.789. The highest BCUT2D eigenvalue weighted by Crippen LogP contribution is 2.24. The van der Waals surface area contributed by atoms with E-state index in [4.69, 9.17) is 0 Å². The van der Waals surface area contributed by atoms with Gasteiger partial charge < -0.3 is 15.3 Å². The van der Waals surface area contributed by atoms with E-state index in [9.17, 15) is 19.5 Å². The van der Waals surface area contributed by atoms with Gasteiger partial charge in [-0.3, -0.25) is 9.59 Å². The number of aryl methyl sites for hydroxylation is 1. The van der Waals surface area contributed by atoms with Crippen LogP contribution in [0, 0.1) is 5.92 Å². The molecule has 1 saturated heterocycles. The first-order chi connectivity index (χ1) is 12.4. The number of benzene rings is 1. The molecule has 2 N–H and O–H groups in total. The largest absolute Gasteiger partial charge is 0.480 e. The Morgan fingerprint density at radius 2 is 1.88 bits per heavy atom. The molecule has 2 rings (SSSR count). The van der Waals surface area contributed by atoms with Gasteiger partial charge in [0.15, 0.2) is 0 Å². The van der Waals surface area contributed by atoms with E-state index in [0.29, 0.717) is 6.42 Å². The second-order valence-corrected chi connectivity index (χ2v) is 6.61. The van der Waals surface area contributed by atoms with Gasteiger partial charge in [-0.05, 0) is 42.9 Å². The molecule has 0 spiro atoms. The number of likely N-dealkylation sites (tertiary alicyclic amines) is 1. The van der Waals surface area contributed by atoms with Crippen LogP contribution in [0.25, 0.3) is 5.57 Å². The van der Waals surface area contributed by atoms with E-state index in [0.717, 1.165) is 17.6 Å². The zero-order valence-electron chi connectivity index (χ0n) is 15.5. The van der Waals surface area contributed by atoms with Gasteiger partial charge >= 0.3 is 5.97 Å². The van der Waals surface area contributed by atoms with Gasteiger partial charge in [-0.2, -0.15) is 0 Å².